The van der Waals surface area contributed by atoms with Crippen LogP contribution in [0.25, 0.3) is 0 Å². The van der Waals surface area contributed by atoms with Crippen molar-refractivity contribution < 1.29 is 4.74 Å². The van der Waals surface area contributed by atoms with E-state index < -0.39 is 0 Å². The monoisotopic (exact) mass is 271 g/mol. The Balaban J connectivity index is 2.65. The third-order valence-electron chi connectivity index (χ3n) is 2.35. The van der Waals surface area contributed by atoms with E-state index in [2.05, 4.69) is 6.92 Å². The van der Waals surface area contributed by atoms with Crippen molar-refractivity contribution in [1.29, 1.82) is 0 Å². The van der Waals surface area contributed by atoms with Gasteiger partial charge in [-0.25, -0.2) is 0 Å². The number of hydrogen-bond donors (Lipinski definition) is 1. The summed E-state index contributed by atoms with van der Waals surface area (Å²) in [6.07, 6.45) is 3.57. The predicted molar refractivity (Wildman–Crippen MR) is 77.0 cm³/mol. The van der Waals surface area contributed by atoms with Crippen molar-refractivity contribution in [2.24, 2.45) is 5.73 Å². The summed E-state index contributed by atoms with van der Waals surface area (Å²) in [5, 5.41) is 0.735. The van der Waals surface area contributed by atoms with E-state index in [4.69, 9.17) is 34.3 Å². The maximum absolute atomic E-state index is 5.99. The lowest BCUT2D eigenvalue weighted by molar-refractivity contribution is 0.314. The van der Waals surface area contributed by atoms with Gasteiger partial charge in [-0.05, 0) is 49.4 Å². The first kappa shape index (κ1) is 14.3. The van der Waals surface area contributed by atoms with Crippen molar-refractivity contribution in [3.8, 4) is 5.75 Å². The van der Waals surface area contributed by atoms with Gasteiger partial charge in [-0.1, -0.05) is 30.7 Å². The number of rotatable bonds is 7. The summed E-state index contributed by atoms with van der Waals surface area (Å²) in [5.41, 5.74) is 6.61. The van der Waals surface area contributed by atoms with Gasteiger partial charge in [0.15, 0.2) is 0 Å². The fraction of sp³-hybridized carbons (Fsp3) is 0.462. The van der Waals surface area contributed by atoms with Crippen LogP contribution in [0.3, 0.4) is 0 Å². The Morgan fingerprint density at radius 3 is 2.88 bits per heavy atom. The number of aryl methyl sites for hydroxylation is 1. The van der Waals surface area contributed by atoms with Crippen LogP contribution in [0.2, 0.25) is 5.02 Å². The van der Waals surface area contributed by atoms with Crippen LogP contribution in [0.1, 0.15) is 31.7 Å². The third kappa shape index (κ3) is 5.37. The molecule has 2 N–H and O–H groups in total. The topological polar surface area (TPSA) is 35.2 Å². The van der Waals surface area contributed by atoms with Crippen molar-refractivity contribution >= 4 is 28.8 Å². The summed E-state index contributed by atoms with van der Waals surface area (Å²) in [6.45, 7) is 2.81. The van der Waals surface area contributed by atoms with Crippen molar-refractivity contribution in [1.82, 2.24) is 0 Å². The molecule has 0 aliphatic rings. The highest BCUT2D eigenvalue weighted by Gasteiger charge is 2.05. The van der Waals surface area contributed by atoms with Gasteiger partial charge in [0, 0.05) is 5.02 Å². The van der Waals surface area contributed by atoms with Gasteiger partial charge in [-0.2, -0.15) is 0 Å². The molecule has 0 bridgehead atoms. The molecule has 1 rings (SSSR count). The van der Waals surface area contributed by atoms with E-state index in [1.807, 2.05) is 18.2 Å². The van der Waals surface area contributed by atoms with Gasteiger partial charge in [0.05, 0.1) is 11.6 Å². The molecule has 0 fully saturated rings. The number of hydrogen-bond acceptors (Lipinski definition) is 2. The largest absolute Gasteiger partial charge is 0.493 e. The molecule has 0 amide bonds. The van der Waals surface area contributed by atoms with Crippen LogP contribution in [0.4, 0.5) is 0 Å². The number of thiocarbonyl (C=S) groups is 1. The van der Waals surface area contributed by atoms with Gasteiger partial charge >= 0.3 is 0 Å². The number of benzene rings is 1. The van der Waals surface area contributed by atoms with E-state index >= 15 is 0 Å². The molecule has 0 spiro atoms. The Morgan fingerprint density at radius 2 is 2.24 bits per heavy atom. The van der Waals surface area contributed by atoms with Gasteiger partial charge < -0.3 is 10.5 Å². The zero-order valence-corrected chi connectivity index (χ0v) is 11.6. The average Bonchev–Trinajstić information content (AvgIpc) is 2.27. The summed E-state index contributed by atoms with van der Waals surface area (Å²) >= 11 is 10.8. The van der Waals surface area contributed by atoms with Crippen LogP contribution in [0, 0.1) is 0 Å². The van der Waals surface area contributed by atoms with Crippen LogP contribution in [0.15, 0.2) is 18.2 Å². The second kappa shape index (κ2) is 7.51. The molecule has 0 radical (unpaired) electrons. The quantitative estimate of drug-likeness (QED) is 0.768. The molecule has 0 atom stereocenters. The zero-order chi connectivity index (χ0) is 12.7. The highest BCUT2D eigenvalue weighted by atomic mass is 35.5. The van der Waals surface area contributed by atoms with Gasteiger partial charge in [-0.3, -0.25) is 0 Å². The average molecular weight is 272 g/mol. The summed E-state index contributed by atoms with van der Waals surface area (Å²) < 4.78 is 5.68. The standard InChI is InChI=1S/C13H18ClNOS/c1-2-8-16-12-7-6-11(14)9-10(12)4-3-5-13(15)17/h6-7,9H,2-5,8H2,1H3,(H2,15,17). The fourth-order valence-corrected chi connectivity index (χ4v) is 1.89. The van der Waals surface area contributed by atoms with E-state index in [0.29, 0.717) is 4.99 Å². The summed E-state index contributed by atoms with van der Waals surface area (Å²) in [7, 11) is 0. The Labute approximate surface area is 113 Å². The normalized spacial score (nSPS) is 10.2. The Morgan fingerprint density at radius 1 is 1.47 bits per heavy atom. The van der Waals surface area contributed by atoms with E-state index in [1.165, 1.54) is 0 Å². The third-order valence-corrected chi connectivity index (χ3v) is 2.79. The first-order valence-corrected chi connectivity index (χ1v) is 6.61. The van der Waals surface area contributed by atoms with Crippen molar-refractivity contribution in [3.63, 3.8) is 0 Å². The lowest BCUT2D eigenvalue weighted by atomic mass is 10.1. The van der Waals surface area contributed by atoms with Crippen molar-refractivity contribution in [2.45, 2.75) is 32.6 Å². The van der Waals surface area contributed by atoms with E-state index in [-0.39, 0.29) is 0 Å². The molecule has 1 aromatic rings. The molecule has 17 heavy (non-hydrogen) atoms. The molecule has 0 saturated heterocycles. The minimum Gasteiger partial charge on any atom is -0.493 e. The van der Waals surface area contributed by atoms with Gasteiger partial charge in [-0.15, -0.1) is 0 Å². The summed E-state index contributed by atoms with van der Waals surface area (Å²) in [5.74, 6) is 0.916. The van der Waals surface area contributed by atoms with E-state index in [1.54, 1.807) is 0 Å². The van der Waals surface area contributed by atoms with E-state index in [0.717, 1.165) is 48.6 Å². The molecule has 0 saturated carbocycles. The van der Waals surface area contributed by atoms with Crippen molar-refractivity contribution in [3.05, 3.63) is 28.8 Å². The Bertz CT molecular complexity index is 382. The highest BCUT2D eigenvalue weighted by Crippen LogP contribution is 2.24. The van der Waals surface area contributed by atoms with Crippen LogP contribution in [-0.2, 0) is 6.42 Å². The van der Waals surface area contributed by atoms with Crippen molar-refractivity contribution in [2.75, 3.05) is 6.61 Å². The first-order valence-electron chi connectivity index (χ1n) is 5.83. The lowest BCUT2D eigenvalue weighted by Crippen LogP contribution is -2.07. The smallest absolute Gasteiger partial charge is 0.122 e. The molecule has 4 heteroatoms. The molecule has 0 heterocycles. The molecule has 1 aromatic carbocycles. The van der Waals surface area contributed by atoms with Gasteiger partial charge in [0.1, 0.15) is 5.75 Å². The second-order valence-electron chi connectivity index (χ2n) is 3.92. The minimum absolute atomic E-state index is 0.558. The SMILES string of the molecule is CCCOc1ccc(Cl)cc1CCCC(N)=S. The first-order chi connectivity index (χ1) is 8.13. The number of nitrogens with two attached hydrogens (primary N) is 1. The number of halogens is 1. The molecular formula is C13H18ClNOS. The van der Waals surface area contributed by atoms with Gasteiger partial charge in [0.25, 0.3) is 0 Å². The molecular weight excluding hydrogens is 254 g/mol. The van der Waals surface area contributed by atoms with Gasteiger partial charge in [0.2, 0.25) is 0 Å². The Hall–Kier alpha value is -0.800. The molecule has 0 aliphatic heterocycles. The predicted octanol–water partition coefficient (Wildman–Crippen LogP) is 3.74. The summed E-state index contributed by atoms with van der Waals surface area (Å²) in [6, 6.07) is 5.73. The molecule has 0 unspecified atom stereocenters. The van der Waals surface area contributed by atoms with Crippen LogP contribution in [0.5, 0.6) is 5.75 Å². The molecule has 0 aliphatic carbocycles. The maximum atomic E-state index is 5.99. The van der Waals surface area contributed by atoms with Crippen LogP contribution >= 0.6 is 23.8 Å². The molecule has 2 nitrogen and oxygen atoms in total. The second-order valence-corrected chi connectivity index (χ2v) is 4.88. The number of ether oxygens (including phenoxy) is 1. The molecule has 94 valence electrons. The van der Waals surface area contributed by atoms with Crippen LogP contribution in [-0.4, -0.2) is 11.6 Å². The van der Waals surface area contributed by atoms with Crippen LogP contribution < -0.4 is 10.5 Å². The summed E-state index contributed by atoms with van der Waals surface area (Å²) in [4.78, 5) is 0.558. The van der Waals surface area contributed by atoms with E-state index in [9.17, 15) is 0 Å². The Kier molecular flexibility index (Phi) is 6.30. The zero-order valence-electron chi connectivity index (χ0n) is 10.0. The lowest BCUT2D eigenvalue weighted by Gasteiger charge is -2.11. The molecule has 0 aromatic heterocycles. The minimum atomic E-state index is 0.558. The maximum Gasteiger partial charge on any atom is 0.122 e. The highest BCUT2D eigenvalue weighted by molar-refractivity contribution is 7.80. The fourth-order valence-electron chi connectivity index (χ4n) is 1.55.